The van der Waals surface area contributed by atoms with E-state index in [9.17, 15) is 0 Å². The number of benzene rings is 8. The summed E-state index contributed by atoms with van der Waals surface area (Å²) in [6.07, 6.45) is 6.44. The van der Waals surface area contributed by atoms with Crippen LogP contribution in [0.1, 0.15) is 200 Å². The van der Waals surface area contributed by atoms with Gasteiger partial charge in [0.15, 0.2) is 0 Å². The fourth-order valence-electron chi connectivity index (χ4n) is 12.4. The van der Waals surface area contributed by atoms with Gasteiger partial charge in [0.1, 0.15) is 0 Å². The molecule has 0 amide bonds. The van der Waals surface area contributed by atoms with Crippen molar-refractivity contribution in [2.24, 2.45) is 0 Å². The average molecular weight is 1030 g/mol. The molecule has 1 saturated carbocycles. The minimum atomic E-state index is -0.163. The third kappa shape index (κ3) is 10.9. The van der Waals surface area contributed by atoms with Crippen molar-refractivity contribution in [3.8, 4) is 55.6 Å². The molecule has 8 aromatic carbocycles. The number of hydrogen-bond acceptors (Lipinski definition) is 1. The number of rotatable bonds is 8. The molecule has 0 bridgehead atoms. The van der Waals surface area contributed by atoms with E-state index in [4.69, 9.17) is 0 Å². The Labute approximate surface area is 471 Å². The van der Waals surface area contributed by atoms with Crippen molar-refractivity contribution in [1.29, 1.82) is 0 Å². The summed E-state index contributed by atoms with van der Waals surface area (Å²) < 4.78 is 0. The average Bonchev–Trinajstić information content (AvgIpc) is 3.70. The van der Waals surface area contributed by atoms with Crippen molar-refractivity contribution in [3.63, 3.8) is 0 Å². The molecular formula is C77H89N. The lowest BCUT2D eigenvalue weighted by atomic mass is 9.77. The number of fused-ring (bicyclic) bond motifs is 3. The summed E-state index contributed by atoms with van der Waals surface area (Å²) in [6.45, 7) is 40.3. The number of anilines is 3. The van der Waals surface area contributed by atoms with Crippen LogP contribution in [0.25, 0.3) is 55.6 Å². The Kier molecular flexibility index (Phi) is 14.1. The standard InChI is InChI=1S/C77H89N/c1-72(2,3)58-39-53(37-54(40-58)56-42-60(74(7,8)9)46-61(43-56)75(10,11)12)55-38-57(44-59(41-55)73(4,5)6)67-47-62(76(13,14)15)48-70(71(67)51-29-22-19-23-30-51)78(63-32-26-31-52(45-63)50-27-20-18-21-28-50)64-35-36-66-65-33-24-25-34-68(65)77(16,17)69(66)49-64/h19,22-26,29-50H,18,20-21,27-28H2,1-17H3. The molecule has 10 rings (SSSR count). The van der Waals surface area contributed by atoms with Gasteiger partial charge in [-0.15, -0.1) is 0 Å². The molecule has 8 aromatic rings. The molecule has 402 valence electrons. The SMILES string of the molecule is CC(C)(C)c1cc(-c2cc(-c3cc(C(C)(C)C)cc(N(c4cccc(C5CCCCC5)c4)c4ccc5c(c4)C(C)(C)c4ccccc4-5)c3-c3ccccc3)cc(C(C)(C)C)c2)cc(-c2cc(C(C)(C)C)cc(C(C)(C)C)c2)c1. The Balaban J connectivity index is 1.27. The molecule has 0 saturated heterocycles. The van der Waals surface area contributed by atoms with Gasteiger partial charge in [0.25, 0.3) is 0 Å². The lowest BCUT2D eigenvalue weighted by Gasteiger charge is -2.34. The fraction of sp³-hybridized carbons (Fsp3) is 0.377. The van der Waals surface area contributed by atoms with Crippen molar-refractivity contribution < 1.29 is 0 Å². The van der Waals surface area contributed by atoms with Crippen LogP contribution in [0.3, 0.4) is 0 Å². The zero-order chi connectivity index (χ0) is 55.9. The van der Waals surface area contributed by atoms with Gasteiger partial charge in [-0.05, 0) is 189 Å². The lowest BCUT2D eigenvalue weighted by Crippen LogP contribution is -2.18. The molecule has 0 spiro atoms. The van der Waals surface area contributed by atoms with E-state index in [0.717, 1.165) is 0 Å². The summed E-state index contributed by atoms with van der Waals surface area (Å²) in [5.41, 5.74) is 26.7. The maximum absolute atomic E-state index is 2.64. The second-order valence-electron chi connectivity index (χ2n) is 29.1. The monoisotopic (exact) mass is 1030 g/mol. The van der Waals surface area contributed by atoms with Crippen LogP contribution >= 0.6 is 0 Å². The van der Waals surface area contributed by atoms with Gasteiger partial charge in [-0.2, -0.15) is 0 Å². The molecule has 0 N–H and O–H groups in total. The molecule has 0 unspecified atom stereocenters. The number of nitrogens with zero attached hydrogens (tertiary/aromatic N) is 1. The number of hydrogen-bond donors (Lipinski definition) is 0. The molecule has 0 aliphatic heterocycles. The largest absolute Gasteiger partial charge is 0.310 e. The summed E-state index contributed by atoms with van der Waals surface area (Å²) in [7, 11) is 0. The Morgan fingerprint density at radius 3 is 1.37 bits per heavy atom. The van der Waals surface area contributed by atoms with Crippen LogP contribution in [0.15, 0.2) is 164 Å². The Morgan fingerprint density at radius 1 is 0.346 bits per heavy atom. The first-order valence-corrected chi connectivity index (χ1v) is 29.4. The van der Waals surface area contributed by atoms with Crippen LogP contribution in [-0.4, -0.2) is 0 Å². The first-order valence-electron chi connectivity index (χ1n) is 29.4. The van der Waals surface area contributed by atoms with Gasteiger partial charge >= 0.3 is 0 Å². The highest BCUT2D eigenvalue weighted by Gasteiger charge is 2.37. The minimum absolute atomic E-state index is 0.00405. The molecule has 2 aliphatic carbocycles. The van der Waals surface area contributed by atoms with Gasteiger partial charge in [-0.25, -0.2) is 0 Å². The van der Waals surface area contributed by atoms with Gasteiger partial charge in [0.2, 0.25) is 0 Å². The quantitative estimate of drug-likeness (QED) is 0.147. The van der Waals surface area contributed by atoms with Gasteiger partial charge in [-0.3, -0.25) is 0 Å². The van der Waals surface area contributed by atoms with Gasteiger partial charge in [0.05, 0.1) is 5.69 Å². The van der Waals surface area contributed by atoms with Crippen LogP contribution in [0.4, 0.5) is 17.1 Å². The molecule has 2 aliphatic rings. The third-order valence-electron chi connectivity index (χ3n) is 17.6. The third-order valence-corrected chi connectivity index (χ3v) is 17.6. The Morgan fingerprint density at radius 2 is 0.808 bits per heavy atom. The summed E-state index contributed by atoms with van der Waals surface area (Å²) in [4.78, 5) is 2.64. The van der Waals surface area contributed by atoms with Crippen molar-refractivity contribution in [2.45, 2.75) is 188 Å². The van der Waals surface area contributed by atoms with E-state index >= 15 is 0 Å². The second kappa shape index (κ2) is 20.0. The molecule has 0 atom stereocenters. The zero-order valence-electron chi connectivity index (χ0n) is 50.6. The van der Waals surface area contributed by atoms with Gasteiger partial charge < -0.3 is 4.90 Å². The highest BCUT2D eigenvalue weighted by atomic mass is 15.1. The van der Waals surface area contributed by atoms with Crippen LogP contribution < -0.4 is 4.90 Å². The summed E-state index contributed by atoms with van der Waals surface area (Å²) >= 11 is 0. The maximum Gasteiger partial charge on any atom is 0.0549 e. The van der Waals surface area contributed by atoms with Crippen molar-refractivity contribution in [3.05, 3.63) is 208 Å². The normalized spacial score (nSPS) is 15.0. The second-order valence-corrected chi connectivity index (χ2v) is 29.1. The first-order chi connectivity index (χ1) is 36.6. The predicted octanol–water partition coefficient (Wildman–Crippen LogP) is 22.7. The van der Waals surface area contributed by atoms with E-state index in [0.29, 0.717) is 5.92 Å². The predicted molar refractivity (Wildman–Crippen MR) is 340 cm³/mol. The lowest BCUT2D eigenvalue weighted by molar-refractivity contribution is 0.443. The van der Waals surface area contributed by atoms with E-state index in [1.807, 2.05) is 0 Å². The van der Waals surface area contributed by atoms with Crippen molar-refractivity contribution in [2.75, 3.05) is 4.90 Å². The summed E-state index contributed by atoms with van der Waals surface area (Å²) in [5.74, 6) is 0.567. The molecule has 78 heavy (non-hydrogen) atoms. The van der Waals surface area contributed by atoms with Gasteiger partial charge in [-0.1, -0.05) is 252 Å². The first kappa shape index (κ1) is 54.9. The van der Waals surface area contributed by atoms with E-state index in [1.165, 1.54) is 149 Å². The summed E-state index contributed by atoms with van der Waals surface area (Å²) in [5, 5.41) is 0. The van der Waals surface area contributed by atoms with E-state index in [2.05, 4.69) is 286 Å². The molecule has 0 aromatic heterocycles. The van der Waals surface area contributed by atoms with Crippen molar-refractivity contribution >= 4 is 17.1 Å². The van der Waals surface area contributed by atoms with Gasteiger partial charge in [0, 0.05) is 22.4 Å². The van der Waals surface area contributed by atoms with Crippen LogP contribution in [-0.2, 0) is 32.5 Å². The van der Waals surface area contributed by atoms with Crippen molar-refractivity contribution in [1.82, 2.24) is 0 Å². The van der Waals surface area contributed by atoms with E-state index in [-0.39, 0.29) is 32.5 Å². The smallest absolute Gasteiger partial charge is 0.0549 e. The molecule has 0 heterocycles. The maximum atomic E-state index is 2.64. The van der Waals surface area contributed by atoms with E-state index < -0.39 is 0 Å². The highest BCUT2D eigenvalue weighted by Crippen LogP contribution is 2.54. The Bertz CT molecular complexity index is 3490. The molecular weight excluding hydrogens is 939 g/mol. The van der Waals surface area contributed by atoms with Crippen LogP contribution in [0.2, 0.25) is 0 Å². The molecule has 1 fully saturated rings. The van der Waals surface area contributed by atoms with Crippen LogP contribution in [0, 0.1) is 0 Å². The molecule has 1 nitrogen and oxygen atoms in total. The van der Waals surface area contributed by atoms with E-state index in [1.54, 1.807) is 0 Å². The highest BCUT2D eigenvalue weighted by molar-refractivity contribution is 5.99. The molecule has 1 heteroatoms. The summed E-state index contributed by atoms with van der Waals surface area (Å²) in [6, 6.07) is 64.7. The fourth-order valence-corrected chi connectivity index (χ4v) is 12.4. The zero-order valence-corrected chi connectivity index (χ0v) is 50.6. The minimum Gasteiger partial charge on any atom is -0.310 e. The topological polar surface area (TPSA) is 3.24 Å². The van der Waals surface area contributed by atoms with Crippen LogP contribution in [0.5, 0.6) is 0 Å². The Hall–Kier alpha value is -6.44. The molecule has 0 radical (unpaired) electrons.